The van der Waals surface area contributed by atoms with E-state index in [1.807, 2.05) is 7.05 Å². The van der Waals surface area contributed by atoms with Crippen molar-refractivity contribution < 1.29 is 4.21 Å². The molecule has 0 spiro atoms. The van der Waals surface area contributed by atoms with Gasteiger partial charge >= 0.3 is 0 Å². The lowest BCUT2D eigenvalue weighted by molar-refractivity contribution is 0.430. The Morgan fingerprint density at radius 1 is 1.31 bits per heavy atom. The van der Waals surface area contributed by atoms with Crippen molar-refractivity contribution in [3.05, 3.63) is 28.8 Å². The van der Waals surface area contributed by atoms with E-state index in [9.17, 15) is 4.21 Å². The van der Waals surface area contributed by atoms with Crippen molar-refractivity contribution >= 4 is 10.8 Å². The summed E-state index contributed by atoms with van der Waals surface area (Å²) in [6.07, 6.45) is 0. The molecular formula is C13H19NOS. The van der Waals surface area contributed by atoms with E-state index >= 15 is 0 Å². The standard InChI is InChI=1S/C13H19NOS/c1-8-5-11-12(6-9(8)2)16(15)7-10(3)13(11)14-4/h5-6,10,13-14H,7H2,1-4H3. The van der Waals surface area contributed by atoms with E-state index in [4.69, 9.17) is 0 Å². The maximum Gasteiger partial charge on any atom is 0.0536 e. The van der Waals surface area contributed by atoms with Gasteiger partial charge in [0.05, 0.1) is 10.8 Å². The van der Waals surface area contributed by atoms with Crippen LogP contribution >= 0.6 is 0 Å². The van der Waals surface area contributed by atoms with Crippen LogP contribution in [-0.2, 0) is 10.8 Å². The van der Waals surface area contributed by atoms with Crippen molar-refractivity contribution in [1.82, 2.24) is 5.32 Å². The number of hydrogen-bond acceptors (Lipinski definition) is 2. The fraction of sp³-hybridized carbons (Fsp3) is 0.538. The van der Waals surface area contributed by atoms with Gasteiger partial charge in [0, 0.05) is 16.7 Å². The van der Waals surface area contributed by atoms with Gasteiger partial charge in [-0.1, -0.05) is 13.0 Å². The van der Waals surface area contributed by atoms with E-state index in [0.29, 0.717) is 12.0 Å². The quantitative estimate of drug-likeness (QED) is 0.812. The Hall–Kier alpha value is -0.670. The Bertz CT molecular complexity index is 442. The molecule has 3 heteroatoms. The highest BCUT2D eigenvalue weighted by molar-refractivity contribution is 7.85. The number of rotatable bonds is 1. The van der Waals surface area contributed by atoms with Crippen LogP contribution in [0.5, 0.6) is 0 Å². The fourth-order valence-corrected chi connectivity index (χ4v) is 4.03. The molecule has 2 rings (SSSR count). The zero-order chi connectivity index (χ0) is 11.9. The molecule has 0 radical (unpaired) electrons. The Morgan fingerprint density at radius 3 is 2.56 bits per heavy atom. The summed E-state index contributed by atoms with van der Waals surface area (Å²) >= 11 is 0. The second kappa shape index (κ2) is 4.30. The first-order chi connectivity index (χ1) is 7.54. The van der Waals surface area contributed by atoms with Crippen molar-refractivity contribution in [1.29, 1.82) is 0 Å². The molecule has 1 aromatic rings. The second-order valence-electron chi connectivity index (χ2n) is 4.73. The van der Waals surface area contributed by atoms with Crippen LogP contribution < -0.4 is 5.32 Å². The van der Waals surface area contributed by atoms with Crippen LogP contribution in [0.4, 0.5) is 0 Å². The van der Waals surface area contributed by atoms with Gasteiger partial charge in [-0.2, -0.15) is 0 Å². The highest BCUT2D eigenvalue weighted by Gasteiger charge is 2.30. The first-order valence-corrected chi connectivity index (χ1v) is 7.03. The molecule has 1 N–H and O–H groups in total. The van der Waals surface area contributed by atoms with Gasteiger partial charge in [-0.05, 0) is 49.6 Å². The minimum Gasteiger partial charge on any atom is -0.313 e. The van der Waals surface area contributed by atoms with E-state index in [1.54, 1.807) is 0 Å². The van der Waals surface area contributed by atoms with Gasteiger partial charge in [-0.25, -0.2) is 0 Å². The predicted octanol–water partition coefficient (Wildman–Crippen LogP) is 2.32. The van der Waals surface area contributed by atoms with E-state index in [1.165, 1.54) is 16.7 Å². The molecular weight excluding hydrogens is 218 g/mol. The van der Waals surface area contributed by atoms with E-state index in [0.717, 1.165) is 10.6 Å². The van der Waals surface area contributed by atoms with Crippen LogP contribution in [0.15, 0.2) is 17.0 Å². The third-order valence-corrected chi connectivity index (χ3v) is 5.17. The van der Waals surface area contributed by atoms with Gasteiger partial charge in [0.15, 0.2) is 0 Å². The smallest absolute Gasteiger partial charge is 0.0536 e. The predicted molar refractivity (Wildman–Crippen MR) is 68.2 cm³/mol. The number of nitrogens with one attached hydrogen (secondary N) is 1. The summed E-state index contributed by atoms with van der Waals surface area (Å²) in [7, 11) is 1.15. The normalized spacial score (nSPS) is 28.9. The molecule has 0 saturated heterocycles. The molecule has 0 bridgehead atoms. The monoisotopic (exact) mass is 237 g/mol. The van der Waals surface area contributed by atoms with Gasteiger partial charge in [0.25, 0.3) is 0 Å². The summed E-state index contributed by atoms with van der Waals surface area (Å²) in [6, 6.07) is 4.63. The topological polar surface area (TPSA) is 29.1 Å². The van der Waals surface area contributed by atoms with Gasteiger partial charge in [0.1, 0.15) is 0 Å². The van der Waals surface area contributed by atoms with E-state index in [-0.39, 0.29) is 0 Å². The fourth-order valence-electron chi connectivity index (χ4n) is 2.42. The molecule has 0 fully saturated rings. The van der Waals surface area contributed by atoms with Crippen LogP contribution in [0.1, 0.15) is 29.7 Å². The summed E-state index contributed by atoms with van der Waals surface area (Å²) in [5.41, 5.74) is 3.74. The van der Waals surface area contributed by atoms with Crippen molar-refractivity contribution in [2.45, 2.75) is 31.7 Å². The first-order valence-electron chi connectivity index (χ1n) is 5.71. The molecule has 0 aliphatic carbocycles. The third kappa shape index (κ3) is 1.82. The number of benzene rings is 1. The number of fused-ring (bicyclic) bond motifs is 1. The second-order valence-corrected chi connectivity index (χ2v) is 6.19. The van der Waals surface area contributed by atoms with Crippen LogP contribution in [0.2, 0.25) is 0 Å². The number of hydrogen-bond donors (Lipinski definition) is 1. The average molecular weight is 237 g/mol. The SMILES string of the molecule is CNC1c2cc(C)c(C)cc2S(=O)CC1C. The molecule has 0 aromatic heterocycles. The minimum atomic E-state index is -0.826. The Labute approximate surface area is 99.9 Å². The summed E-state index contributed by atoms with van der Waals surface area (Å²) < 4.78 is 12.1. The lowest BCUT2D eigenvalue weighted by Gasteiger charge is -2.31. The van der Waals surface area contributed by atoms with Crippen LogP contribution in [0.25, 0.3) is 0 Å². The Morgan fingerprint density at radius 2 is 1.94 bits per heavy atom. The van der Waals surface area contributed by atoms with Gasteiger partial charge < -0.3 is 5.32 Å². The summed E-state index contributed by atoms with van der Waals surface area (Å²) in [5.74, 6) is 1.20. The highest BCUT2D eigenvalue weighted by Crippen LogP contribution is 2.35. The van der Waals surface area contributed by atoms with Gasteiger partial charge in [-0.15, -0.1) is 0 Å². The van der Waals surface area contributed by atoms with E-state index in [2.05, 4.69) is 38.2 Å². The molecule has 2 nitrogen and oxygen atoms in total. The highest BCUT2D eigenvalue weighted by atomic mass is 32.2. The van der Waals surface area contributed by atoms with Crippen LogP contribution in [0, 0.1) is 19.8 Å². The molecule has 1 aliphatic rings. The molecule has 0 amide bonds. The minimum absolute atomic E-state index is 0.340. The maximum atomic E-state index is 12.1. The van der Waals surface area contributed by atoms with Gasteiger partial charge in [-0.3, -0.25) is 4.21 Å². The summed E-state index contributed by atoms with van der Waals surface area (Å²) in [6.45, 7) is 6.36. The van der Waals surface area contributed by atoms with Gasteiger partial charge in [0.2, 0.25) is 0 Å². The zero-order valence-electron chi connectivity index (χ0n) is 10.3. The maximum absolute atomic E-state index is 12.1. The molecule has 1 aliphatic heterocycles. The van der Waals surface area contributed by atoms with Crippen LogP contribution in [0.3, 0.4) is 0 Å². The summed E-state index contributed by atoms with van der Waals surface area (Å²) in [5, 5.41) is 3.34. The lowest BCUT2D eigenvalue weighted by Crippen LogP contribution is -2.32. The Balaban J connectivity index is 2.59. The molecule has 16 heavy (non-hydrogen) atoms. The number of aryl methyl sites for hydroxylation is 2. The molecule has 1 aromatic carbocycles. The zero-order valence-corrected chi connectivity index (χ0v) is 11.1. The Kier molecular flexibility index (Phi) is 3.17. The van der Waals surface area contributed by atoms with Crippen LogP contribution in [-0.4, -0.2) is 17.0 Å². The molecule has 3 unspecified atom stereocenters. The van der Waals surface area contributed by atoms with Crippen molar-refractivity contribution in [3.8, 4) is 0 Å². The molecule has 0 saturated carbocycles. The molecule has 3 atom stereocenters. The lowest BCUT2D eigenvalue weighted by atomic mass is 9.93. The third-order valence-electron chi connectivity index (χ3n) is 3.50. The largest absolute Gasteiger partial charge is 0.313 e. The van der Waals surface area contributed by atoms with Crippen molar-refractivity contribution in [3.63, 3.8) is 0 Å². The molecule has 88 valence electrons. The van der Waals surface area contributed by atoms with Crippen molar-refractivity contribution in [2.75, 3.05) is 12.8 Å². The molecule has 1 heterocycles. The first kappa shape index (κ1) is 11.8. The summed E-state index contributed by atoms with van der Waals surface area (Å²) in [4.78, 5) is 1.03. The average Bonchev–Trinajstić information content (AvgIpc) is 2.22. The van der Waals surface area contributed by atoms with E-state index < -0.39 is 10.8 Å². The van der Waals surface area contributed by atoms with Crippen molar-refractivity contribution in [2.24, 2.45) is 5.92 Å².